The Kier molecular flexibility index (Phi) is 3.13. The molecule has 0 bridgehead atoms. The van der Waals surface area contributed by atoms with E-state index in [1.807, 2.05) is 0 Å². The normalized spacial score (nSPS) is 18.8. The summed E-state index contributed by atoms with van der Waals surface area (Å²) in [5.74, 6) is 0. The van der Waals surface area contributed by atoms with Gasteiger partial charge in [-0.25, -0.2) is 0 Å². The summed E-state index contributed by atoms with van der Waals surface area (Å²) in [6.07, 6.45) is 3.61. The predicted molar refractivity (Wildman–Crippen MR) is 51.2 cm³/mol. The lowest BCUT2D eigenvalue weighted by Crippen LogP contribution is -2.43. The van der Waals surface area contributed by atoms with Crippen LogP contribution in [0.5, 0.6) is 0 Å². The van der Waals surface area contributed by atoms with Gasteiger partial charge < -0.3 is 5.11 Å². The summed E-state index contributed by atoms with van der Waals surface area (Å²) in [6, 6.07) is 0.802. The van der Waals surface area contributed by atoms with E-state index < -0.39 is 0 Å². The number of hydrogen-bond acceptors (Lipinski definition) is 2. The van der Waals surface area contributed by atoms with Crippen molar-refractivity contribution in [3.63, 3.8) is 0 Å². The van der Waals surface area contributed by atoms with Gasteiger partial charge in [0, 0.05) is 24.7 Å². The maximum Gasteiger partial charge on any atom is 0.0443 e. The molecule has 12 heavy (non-hydrogen) atoms. The fourth-order valence-corrected chi connectivity index (χ4v) is 1.69. The van der Waals surface area contributed by atoms with Crippen LogP contribution in [0.1, 0.15) is 40.0 Å². The molecule has 2 nitrogen and oxygen atoms in total. The molecule has 2 heteroatoms. The Labute approximate surface area is 75.6 Å². The molecule has 0 aliphatic heterocycles. The second-order valence-electron chi connectivity index (χ2n) is 4.67. The van der Waals surface area contributed by atoms with Gasteiger partial charge >= 0.3 is 0 Å². The molecular formula is C10H21NO. The zero-order chi connectivity index (χ0) is 9.19. The van der Waals surface area contributed by atoms with E-state index in [4.69, 9.17) is 5.11 Å². The van der Waals surface area contributed by atoms with Gasteiger partial charge in [-0.15, -0.1) is 0 Å². The number of nitrogens with zero attached hydrogens (tertiary/aromatic N) is 1. The molecule has 0 atom stereocenters. The molecule has 0 saturated heterocycles. The molecule has 1 fully saturated rings. The first-order chi connectivity index (χ1) is 5.55. The van der Waals surface area contributed by atoms with Gasteiger partial charge in [-0.2, -0.15) is 0 Å². The number of aliphatic hydroxyl groups is 1. The highest BCUT2D eigenvalue weighted by Gasteiger charge is 2.34. The molecule has 1 aliphatic rings. The van der Waals surface area contributed by atoms with Crippen molar-refractivity contribution in [3.8, 4) is 0 Å². The van der Waals surface area contributed by atoms with Gasteiger partial charge in [0.1, 0.15) is 0 Å². The summed E-state index contributed by atoms with van der Waals surface area (Å²) in [6.45, 7) is 8.12. The van der Waals surface area contributed by atoms with E-state index in [9.17, 15) is 0 Å². The average Bonchev–Trinajstić information content (AvgIpc) is 2.69. The fraction of sp³-hybridized carbons (Fsp3) is 1.00. The van der Waals surface area contributed by atoms with E-state index in [1.165, 1.54) is 12.8 Å². The average molecular weight is 171 g/mol. The van der Waals surface area contributed by atoms with Crippen LogP contribution in [0, 0.1) is 0 Å². The van der Waals surface area contributed by atoms with Crippen molar-refractivity contribution in [1.82, 2.24) is 4.90 Å². The van der Waals surface area contributed by atoms with Crippen LogP contribution in [0.15, 0.2) is 0 Å². The summed E-state index contributed by atoms with van der Waals surface area (Å²) in [5, 5.41) is 8.76. The first-order valence-corrected chi connectivity index (χ1v) is 4.93. The molecule has 1 aliphatic carbocycles. The summed E-state index contributed by atoms with van der Waals surface area (Å²) in [4.78, 5) is 2.52. The van der Waals surface area contributed by atoms with Crippen molar-refractivity contribution in [1.29, 1.82) is 0 Å². The molecule has 0 heterocycles. The molecule has 1 N–H and O–H groups in total. The van der Waals surface area contributed by atoms with E-state index in [1.54, 1.807) is 0 Å². The van der Waals surface area contributed by atoms with E-state index in [0.717, 1.165) is 19.0 Å². The van der Waals surface area contributed by atoms with Crippen LogP contribution in [0.3, 0.4) is 0 Å². The molecule has 0 aromatic carbocycles. The number of aliphatic hydroxyl groups excluding tert-OH is 1. The van der Waals surface area contributed by atoms with Gasteiger partial charge in [-0.1, -0.05) is 0 Å². The van der Waals surface area contributed by atoms with Crippen LogP contribution >= 0.6 is 0 Å². The van der Waals surface area contributed by atoms with Crippen molar-refractivity contribution in [2.75, 3.05) is 13.2 Å². The minimum atomic E-state index is 0.274. The SMILES string of the molecule is CC(C)(C)N(CCCO)C1CC1. The highest BCUT2D eigenvalue weighted by atomic mass is 16.3. The summed E-state index contributed by atoms with van der Waals surface area (Å²) in [7, 11) is 0. The second kappa shape index (κ2) is 3.75. The van der Waals surface area contributed by atoms with E-state index in [-0.39, 0.29) is 5.54 Å². The fourth-order valence-electron chi connectivity index (χ4n) is 1.69. The predicted octanol–water partition coefficient (Wildman–Crippen LogP) is 1.63. The van der Waals surface area contributed by atoms with Crippen molar-refractivity contribution in [2.24, 2.45) is 0 Å². The highest BCUT2D eigenvalue weighted by Crippen LogP contribution is 2.32. The smallest absolute Gasteiger partial charge is 0.0443 e. The van der Waals surface area contributed by atoms with Crippen molar-refractivity contribution < 1.29 is 5.11 Å². The minimum Gasteiger partial charge on any atom is -0.396 e. The van der Waals surface area contributed by atoms with Gasteiger partial charge in [-0.3, -0.25) is 4.90 Å². The van der Waals surface area contributed by atoms with Crippen LogP contribution in [0.4, 0.5) is 0 Å². The third-order valence-electron chi connectivity index (χ3n) is 2.41. The third-order valence-corrected chi connectivity index (χ3v) is 2.41. The van der Waals surface area contributed by atoms with E-state index in [2.05, 4.69) is 25.7 Å². The topological polar surface area (TPSA) is 23.5 Å². The molecule has 0 unspecified atom stereocenters. The van der Waals surface area contributed by atoms with Gasteiger partial charge in [-0.05, 0) is 40.0 Å². The minimum absolute atomic E-state index is 0.274. The van der Waals surface area contributed by atoms with Gasteiger partial charge in [0.05, 0.1) is 0 Å². The van der Waals surface area contributed by atoms with Crippen LogP contribution in [-0.4, -0.2) is 34.7 Å². The molecule has 0 spiro atoms. The summed E-state index contributed by atoms with van der Waals surface area (Å²) < 4.78 is 0. The molecule has 72 valence electrons. The molecule has 0 amide bonds. The monoisotopic (exact) mass is 171 g/mol. The largest absolute Gasteiger partial charge is 0.396 e. The van der Waals surface area contributed by atoms with Crippen LogP contribution in [0.2, 0.25) is 0 Å². The molecular weight excluding hydrogens is 150 g/mol. The highest BCUT2D eigenvalue weighted by molar-refractivity contribution is 4.91. The Balaban J connectivity index is 2.38. The summed E-state index contributed by atoms with van der Waals surface area (Å²) in [5.41, 5.74) is 0.274. The van der Waals surface area contributed by atoms with Crippen molar-refractivity contribution >= 4 is 0 Å². The maximum absolute atomic E-state index is 8.76. The first kappa shape index (κ1) is 10.0. The number of rotatable bonds is 4. The van der Waals surface area contributed by atoms with E-state index >= 15 is 0 Å². The Bertz CT molecular complexity index is 135. The van der Waals surface area contributed by atoms with Crippen molar-refractivity contribution in [3.05, 3.63) is 0 Å². The standard InChI is InChI=1S/C10H21NO/c1-10(2,3)11(7-4-8-12)9-5-6-9/h9,12H,4-8H2,1-3H3. The Morgan fingerprint density at radius 3 is 2.25 bits per heavy atom. The molecule has 1 rings (SSSR count). The number of hydrogen-bond donors (Lipinski definition) is 1. The van der Waals surface area contributed by atoms with Crippen LogP contribution < -0.4 is 0 Å². The lowest BCUT2D eigenvalue weighted by Gasteiger charge is -2.35. The van der Waals surface area contributed by atoms with Crippen LogP contribution in [0.25, 0.3) is 0 Å². The van der Waals surface area contributed by atoms with Gasteiger partial charge in [0.25, 0.3) is 0 Å². The zero-order valence-electron chi connectivity index (χ0n) is 8.51. The lowest BCUT2D eigenvalue weighted by atomic mass is 10.1. The maximum atomic E-state index is 8.76. The summed E-state index contributed by atoms with van der Waals surface area (Å²) >= 11 is 0. The Morgan fingerprint density at radius 2 is 1.92 bits per heavy atom. The molecule has 0 aromatic rings. The van der Waals surface area contributed by atoms with Crippen LogP contribution in [-0.2, 0) is 0 Å². The second-order valence-corrected chi connectivity index (χ2v) is 4.67. The molecule has 1 saturated carbocycles. The Hall–Kier alpha value is -0.0800. The zero-order valence-corrected chi connectivity index (χ0v) is 8.51. The quantitative estimate of drug-likeness (QED) is 0.695. The third kappa shape index (κ3) is 2.76. The van der Waals surface area contributed by atoms with E-state index in [0.29, 0.717) is 6.61 Å². The molecule has 0 aromatic heterocycles. The lowest BCUT2D eigenvalue weighted by molar-refractivity contribution is 0.115. The Morgan fingerprint density at radius 1 is 1.33 bits per heavy atom. The van der Waals surface area contributed by atoms with Gasteiger partial charge in [0.2, 0.25) is 0 Å². The first-order valence-electron chi connectivity index (χ1n) is 4.93. The molecule has 0 radical (unpaired) electrons. The van der Waals surface area contributed by atoms with Crippen molar-refractivity contribution in [2.45, 2.75) is 51.6 Å². The van der Waals surface area contributed by atoms with Gasteiger partial charge in [0.15, 0.2) is 0 Å².